The smallest absolute Gasteiger partial charge is 0.355 e. The molecule has 1 fully saturated rings. The number of hydrogen-bond donors (Lipinski definition) is 0. The summed E-state index contributed by atoms with van der Waals surface area (Å²) in [6, 6.07) is 9.71. The number of carbonyl (C=O) groups is 1. The predicted octanol–water partition coefficient (Wildman–Crippen LogP) is 3.86. The fourth-order valence-corrected chi connectivity index (χ4v) is 3.21. The first-order chi connectivity index (χ1) is 14.3. The summed E-state index contributed by atoms with van der Waals surface area (Å²) in [5.74, 6) is -0.269. The van der Waals surface area contributed by atoms with Gasteiger partial charge in [-0.25, -0.2) is 9.37 Å². The zero-order valence-corrected chi connectivity index (χ0v) is 15.6. The fourth-order valence-electron chi connectivity index (χ4n) is 3.21. The molecule has 0 N–H and O–H groups in total. The van der Waals surface area contributed by atoms with Gasteiger partial charge in [-0.1, -0.05) is 17.3 Å². The van der Waals surface area contributed by atoms with E-state index < -0.39 is 17.6 Å². The van der Waals surface area contributed by atoms with Gasteiger partial charge in [0, 0.05) is 38.4 Å². The van der Waals surface area contributed by atoms with E-state index in [1.54, 1.807) is 21.9 Å². The minimum Gasteiger partial charge on any atom is -0.355 e. The van der Waals surface area contributed by atoms with Gasteiger partial charge < -0.3 is 14.3 Å². The van der Waals surface area contributed by atoms with E-state index in [4.69, 9.17) is 4.52 Å². The van der Waals surface area contributed by atoms with Crippen molar-refractivity contribution in [3.8, 4) is 11.3 Å². The number of pyridine rings is 1. The summed E-state index contributed by atoms with van der Waals surface area (Å²) in [7, 11) is 0. The molecular formula is C20H16F4N4O2. The zero-order chi connectivity index (χ0) is 21.3. The fraction of sp³-hybridized carbons (Fsp3) is 0.250. The van der Waals surface area contributed by atoms with Crippen molar-refractivity contribution >= 4 is 11.7 Å². The molecule has 0 saturated carbocycles. The molecule has 1 aliphatic rings. The number of nitrogens with zero attached hydrogens (tertiary/aromatic N) is 4. The Morgan fingerprint density at radius 1 is 1.03 bits per heavy atom. The first-order valence-corrected chi connectivity index (χ1v) is 9.12. The first kappa shape index (κ1) is 19.9. The molecule has 0 unspecified atom stereocenters. The molecule has 0 bridgehead atoms. The van der Waals surface area contributed by atoms with E-state index in [1.807, 2.05) is 0 Å². The van der Waals surface area contributed by atoms with Gasteiger partial charge in [0.1, 0.15) is 11.6 Å². The Kier molecular flexibility index (Phi) is 5.15. The summed E-state index contributed by atoms with van der Waals surface area (Å²) in [5, 5.41) is 3.75. The van der Waals surface area contributed by atoms with E-state index in [0.717, 1.165) is 12.3 Å². The number of carbonyl (C=O) groups excluding carboxylic acids is 1. The molecule has 3 heterocycles. The average molecular weight is 420 g/mol. The lowest BCUT2D eigenvalue weighted by Crippen LogP contribution is -2.49. The minimum absolute atomic E-state index is 0.0642. The van der Waals surface area contributed by atoms with Crippen molar-refractivity contribution in [2.45, 2.75) is 6.18 Å². The minimum atomic E-state index is -4.43. The van der Waals surface area contributed by atoms with Crippen LogP contribution in [0.4, 0.5) is 23.4 Å². The first-order valence-electron chi connectivity index (χ1n) is 9.12. The van der Waals surface area contributed by atoms with Crippen molar-refractivity contribution in [1.82, 2.24) is 15.0 Å². The average Bonchev–Trinajstić information content (AvgIpc) is 3.23. The molecule has 156 valence electrons. The highest BCUT2D eigenvalue weighted by atomic mass is 19.4. The number of hydrogen-bond acceptors (Lipinski definition) is 5. The molecule has 1 saturated heterocycles. The maximum atomic E-state index is 13.9. The van der Waals surface area contributed by atoms with Crippen molar-refractivity contribution in [3.05, 3.63) is 65.7 Å². The van der Waals surface area contributed by atoms with Crippen LogP contribution in [0.3, 0.4) is 0 Å². The van der Waals surface area contributed by atoms with E-state index in [2.05, 4.69) is 10.1 Å². The molecule has 2 aromatic heterocycles. The second kappa shape index (κ2) is 7.77. The molecule has 3 aromatic rings. The number of anilines is 1. The quantitative estimate of drug-likeness (QED) is 0.603. The molecule has 1 aliphatic heterocycles. The number of alkyl halides is 3. The lowest BCUT2D eigenvalue weighted by Gasteiger charge is -2.35. The summed E-state index contributed by atoms with van der Waals surface area (Å²) in [6.45, 7) is 1.48. The van der Waals surface area contributed by atoms with Gasteiger partial charge in [0.2, 0.25) is 0 Å². The van der Waals surface area contributed by atoms with Gasteiger partial charge in [0.05, 0.1) is 11.1 Å². The molecule has 0 spiro atoms. The van der Waals surface area contributed by atoms with Crippen molar-refractivity contribution in [3.63, 3.8) is 0 Å². The molecule has 6 nitrogen and oxygen atoms in total. The Morgan fingerprint density at radius 3 is 2.40 bits per heavy atom. The van der Waals surface area contributed by atoms with Gasteiger partial charge >= 0.3 is 6.18 Å². The second-order valence-corrected chi connectivity index (χ2v) is 6.74. The monoisotopic (exact) mass is 420 g/mol. The molecule has 1 aromatic carbocycles. The topological polar surface area (TPSA) is 62.5 Å². The largest absolute Gasteiger partial charge is 0.417 e. The highest BCUT2D eigenvalue weighted by Gasteiger charge is 2.31. The molecular weight excluding hydrogens is 404 g/mol. The lowest BCUT2D eigenvalue weighted by atomic mass is 10.1. The van der Waals surface area contributed by atoms with Crippen LogP contribution in [-0.4, -0.2) is 47.1 Å². The van der Waals surface area contributed by atoms with Crippen LogP contribution in [0.25, 0.3) is 11.3 Å². The van der Waals surface area contributed by atoms with Crippen LogP contribution in [-0.2, 0) is 6.18 Å². The number of piperazine rings is 1. The maximum Gasteiger partial charge on any atom is 0.417 e. The third-order valence-corrected chi connectivity index (χ3v) is 4.83. The van der Waals surface area contributed by atoms with Gasteiger partial charge in [0.25, 0.3) is 5.91 Å². The molecule has 1 amide bonds. The Hall–Kier alpha value is -3.43. The Bertz CT molecular complexity index is 1040. The van der Waals surface area contributed by atoms with Gasteiger partial charge in [-0.2, -0.15) is 13.2 Å². The van der Waals surface area contributed by atoms with Crippen molar-refractivity contribution < 1.29 is 26.9 Å². The van der Waals surface area contributed by atoms with Crippen molar-refractivity contribution in [2.75, 3.05) is 31.1 Å². The second-order valence-electron chi connectivity index (χ2n) is 6.74. The van der Waals surface area contributed by atoms with Gasteiger partial charge in [-0.15, -0.1) is 0 Å². The summed E-state index contributed by atoms with van der Waals surface area (Å²) in [5.41, 5.74) is -0.534. The van der Waals surface area contributed by atoms with Crippen molar-refractivity contribution in [1.29, 1.82) is 0 Å². The number of amides is 1. The van der Waals surface area contributed by atoms with Crippen LogP contribution in [0, 0.1) is 5.82 Å². The van der Waals surface area contributed by atoms with Crippen LogP contribution in [0.2, 0.25) is 0 Å². The molecule has 30 heavy (non-hydrogen) atoms. The maximum absolute atomic E-state index is 13.9. The molecule has 0 atom stereocenters. The van der Waals surface area contributed by atoms with Gasteiger partial charge in [-0.05, 0) is 24.3 Å². The number of rotatable bonds is 3. The SMILES string of the molecule is O=C(c1cc(-c2ccccc2F)on1)N1CCN(c2ccc(C(F)(F)F)cn2)CC1. The Balaban J connectivity index is 1.40. The Morgan fingerprint density at radius 2 is 1.77 bits per heavy atom. The summed E-state index contributed by atoms with van der Waals surface area (Å²) >= 11 is 0. The third-order valence-electron chi connectivity index (χ3n) is 4.83. The van der Waals surface area contributed by atoms with Crippen LogP contribution < -0.4 is 4.90 Å². The van der Waals surface area contributed by atoms with Crippen LogP contribution in [0.1, 0.15) is 16.1 Å². The zero-order valence-electron chi connectivity index (χ0n) is 15.6. The van der Waals surface area contributed by atoms with Crippen LogP contribution >= 0.6 is 0 Å². The molecule has 0 aliphatic carbocycles. The van der Waals surface area contributed by atoms with Crippen molar-refractivity contribution in [2.24, 2.45) is 0 Å². The van der Waals surface area contributed by atoms with Crippen LogP contribution in [0.15, 0.2) is 53.2 Å². The molecule has 10 heteroatoms. The van der Waals surface area contributed by atoms with Crippen LogP contribution in [0.5, 0.6) is 0 Å². The summed E-state index contributed by atoms with van der Waals surface area (Å²) in [4.78, 5) is 19.9. The lowest BCUT2D eigenvalue weighted by molar-refractivity contribution is -0.137. The number of benzene rings is 1. The molecule has 4 rings (SSSR count). The van der Waals surface area contributed by atoms with E-state index in [0.29, 0.717) is 32.0 Å². The van der Waals surface area contributed by atoms with Gasteiger partial charge in [-0.3, -0.25) is 4.79 Å². The standard InChI is InChI=1S/C20H16F4N4O2/c21-15-4-2-1-3-14(15)17-11-16(26-30-17)19(29)28-9-7-27(8-10-28)18-6-5-13(12-25-18)20(22,23)24/h1-6,11-12H,7-10H2. The number of halogens is 4. The normalized spacial score (nSPS) is 14.8. The highest BCUT2D eigenvalue weighted by molar-refractivity contribution is 5.93. The van der Waals surface area contributed by atoms with E-state index >= 15 is 0 Å². The predicted molar refractivity (Wildman–Crippen MR) is 99.3 cm³/mol. The molecule has 0 radical (unpaired) electrons. The summed E-state index contributed by atoms with van der Waals surface area (Å²) in [6.07, 6.45) is -3.64. The van der Waals surface area contributed by atoms with E-state index in [9.17, 15) is 22.4 Å². The van der Waals surface area contributed by atoms with Gasteiger partial charge in [0.15, 0.2) is 11.5 Å². The van der Waals surface area contributed by atoms with E-state index in [1.165, 1.54) is 24.3 Å². The number of aromatic nitrogens is 2. The highest BCUT2D eigenvalue weighted by Crippen LogP contribution is 2.29. The van der Waals surface area contributed by atoms with E-state index in [-0.39, 0.29) is 22.9 Å². The summed E-state index contributed by atoms with van der Waals surface area (Å²) < 4.78 is 57.0. The third kappa shape index (κ3) is 3.98. The Labute approximate surface area is 168 Å².